The second kappa shape index (κ2) is 7.76. The van der Waals surface area contributed by atoms with E-state index in [4.69, 9.17) is 5.84 Å². The van der Waals surface area contributed by atoms with E-state index in [0.717, 1.165) is 11.8 Å². The first kappa shape index (κ1) is 17.1. The smallest absolute Gasteiger partial charge is 0.354 e. The molecule has 120 valence electrons. The average molecular weight is 311 g/mol. The monoisotopic (exact) mass is 311 g/mol. The van der Waals surface area contributed by atoms with Crippen LogP contribution in [0.5, 0.6) is 0 Å². The van der Waals surface area contributed by atoms with Gasteiger partial charge in [-0.1, -0.05) is 6.92 Å². The standard InChI is InChI=1S/C12H17N5O5/c1-4-7-5-9(18)17(13)12(14-7)16-15-8(11(20)22-3)6-10(19)21-2/h5H,4,6,13H2,1-3H3,(H,14,16)/b15-8+. The first-order chi connectivity index (χ1) is 10.4. The number of rotatable bonds is 6. The Morgan fingerprint density at radius 1 is 1.41 bits per heavy atom. The molecule has 1 rings (SSSR count). The van der Waals surface area contributed by atoms with E-state index in [1.165, 1.54) is 13.2 Å². The number of hydrogen-bond acceptors (Lipinski definition) is 9. The maximum Gasteiger partial charge on any atom is 0.354 e. The number of methoxy groups -OCH3 is 2. The fourth-order valence-corrected chi connectivity index (χ4v) is 1.40. The highest BCUT2D eigenvalue weighted by Crippen LogP contribution is 2.02. The number of hydrogen-bond donors (Lipinski definition) is 2. The Morgan fingerprint density at radius 2 is 2.09 bits per heavy atom. The summed E-state index contributed by atoms with van der Waals surface area (Å²) < 4.78 is 9.70. The lowest BCUT2D eigenvalue weighted by Crippen LogP contribution is -2.31. The van der Waals surface area contributed by atoms with E-state index in [1.54, 1.807) is 0 Å². The normalized spacial score (nSPS) is 11.0. The highest BCUT2D eigenvalue weighted by molar-refractivity contribution is 6.39. The van der Waals surface area contributed by atoms with Gasteiger partial charge < -0.3 is 15.3 Å². The SMILES string of the molecule is CCc1cc(=O)n(N)c(N/N=C(\CC(=O)OC)C(=O)OC)n1. The van der Waals surface area contributed by atoms with Gasteiger partial charge in [-0.05, 0) is 6.42 Å². The van der Waals surface area contributed by atoms with Crippen molar-refractivity contribution in [2.24, 2.45) is 5.10 Å². The predicted molar refractivity (Wildman–Crippen MR) is 77.7 cm³/mol. The maximum absolute atomic E-state index is 11.6. The van der Waals surface area contributed by atoms with E-state index in [1.807, 2.05) is 6.92 Å². The van der Waals surface area contributed by atoms with Gasteiger partial charge in [0.05, 0.1) is 20.6 Å². The number of carbonyl (C=O) groups excluding carboxylic acids is 2. The van der Waals surface area contributed by atoms with Gasteiger partial charge in [0.2, 0.25) is 5.95 Å². The molecule has 0 atom stereocenters. The molecule has 1 heterocycles. The highest BCUT2D eigenvalue weighted by Gasteiger charge is 2.17. The van der Waals surface area contributed by atoms with Gasteiger partial charge in [0.1, 0.15) is 0 Å². The predicted octanol–water partition coefficient (Wildman–Crippen LogP) is -0.976. The van der Waals surface area contributed by atoms with Crippen LogP contribution in [-0.4, -0.2) is 41.5 Å². The zero-order valence-electron chi connectivity index (χ0n) is 12.5. The number of aryl methyl sites for hydroxylation is 1. The van der Waals surface area contributed by atoms with Crippen molar-refractivity contribution in [3.8, 4) is 0 Å². The topological polar surface area (TPSA) is 138 Å². The van der Waals surface area contributed by atoms with E-state index in [2.05, 4.69) is 25.0 Å². The van der Waals surface area contributed by atoms with Crippen molar-refractivity contribution in [3.63, 3.8) is 0 Å². The van der Waals surface area contributed by atoms with Gasteiger partial charge in [-0.2, -0.15) is 9.78 Å². The van der Waals surface area contributed by atoms with Crippen LogP contribution in [0.3, 0.4) is 0 Å². The second-order valence-electron chi connectivity index (χ2n) is 4.05. The zero-order valence-corrected chi connectivity index (χ0v) is 12.5. The van der Waals surface area contributed by atoms with Crippen molar-refractivity contribution in [3.05, 3.63) is 22.1 Å². The van der Waals surface area contributed by atoms with Crippen LogP contribution < -0.4 is 16.8 Å². The van der Waals surface area contributed by atoms with E-state index in [9.17, 15) is 14.4 Å². The molecule has 10 heteroatoms. The number of nitrogens with one attached hydrogen (secondary N) is 1. The molecule has 0 aliphatic heterocycles. The zero-order chi connectivity index (χ0) is 16.7. The van der Waals surface area contributed by atoms with Crippen LogP contribution >= 0.6 is 0 Å². The Morgan fingerprint density at radius 3 is 2.64 bits per heavy atom. The number of nitrogens with two attached hydrogens (primary N) is 1. The van der Waals surface area contributed by atoms with Crippen LogP contribution in [0.1, 0.15) is 19.0 Å². The number of hydrazone groups is 1. The van der Waals surface area contributed by atoms with Gasteiger partial charge in [0.25, 0.3) is 5.56 Å². The summed E-state index contributed by atoms with van der Waals surface area (Å²) in [7, 11) is 2.32. The first-order valence-corrected chi connectivity index (χ1v) is 6.28. The number of anilines is 1. The van der Waals surface area contributed by atoms with Gasteiger partial charge in [-0.15, -0.1) is 0 Å². The quantitative estimate of drug-likeness (QED) is 0.296. The molecule has 0 fully saturated rings. The van der Waals surface area contributed by atoms with E-state index in [-0.39, 0.29) is 11.7 Å². The lowest BCUT2D eigenvalue weighted by molar-refractivity contribution is -0.140. The van der Waals surface area contributed by atoms with E-state index < -0.39 is 23.9 Å². The lowest BCUT2D eigenvalue weighted by atomic mass is 10.3. The summed E-state index contributed by atoms with van der Waals surface area (Å²) in [5.41, 5.74) is 2.14. The molecule has 0 aliphatic rings. The molecule has 0 aromatic carbocycles. The molecule has 3 N–H and O–H groups in total. The molecule has 0 radical (unpaired) electrons. The van der Waals surface area contributed by atoms with Crippen LogP contribution in [0.2, 0.25) is 0 Å². The molecule has 0 amide bonds. The summed E-state index contributed by atoms with van der Waals surface area (Å²) in [5.74, 6) is 3.96. The van der Waals surface area contributed by atoms with Crippen LogP contribution in [0.25, 0.3) is 0 Å². The van der Waals surface area contributed by atoms with Crippen LogP contribution in [0.4, 0.5) is 5.95 Å². The number of esters is 2. The van der Waals surface area contributed by atoms with Gasteiger partial charge in [0.15, 0.2) is 5.71 Å². The molecule has 0 saturated carbocycles. The van der Waals surface area contributed by atoms with Crippen molar-refractivity contribution in [1.82, 2.24) is 9.66 Å². The largest absolute Gasteiger partial charge is 0.469 e. The minimum Gasteiger partial charge on any atom is -0.469 e. The molecule has 0 aliphatic carbocycles. The Hall–Kier alpha value is -2.91. The number of ether oxygens (including phenoxy) is 2. The summed E-state index contributed by atoms with van der Waals surface area (Å²) in [6.07, 6.45) is 0.110. The Balaban J connectivity index is 3.09. The number of nitrogens with zero attached hydrogens (tertiary/aromatic N) is 3. The van der Waals surface area contributed by atoms with E-state index >= 15 is 0 Å². The van der Waals surface area contributed by atoms with Gasteiger partial charge in [0, 0.05) is 11.8 Å². The van der Waals surface area contributed by atoms with Crippen LogP contribution in [-0.2, 0) is 25.5 Å². The third-order valence-corrected chi connectivity index (χ3v) is 2.62. The summed E-state index contributed by atoms with van der Waals surface area (Å²) in [6.45, 7) is 1.81. The Kier molecular flexibility index (Phi) is 6.05. The van der Waals surface area contributed by atoms with Crippen molar-refractivity contribution in [2.45, 2.75) is 19.8 Å². The first-order valence-electron chi connectivity index (χ1n) is 6.28. The summed E-state index contributed by atoms with van der Waals surface area (Å²) in [5, 5.41) is 3.72. The van der Waals surface area contributed by atoms with Crippen molar-refractivity contribution in [1.29, 1.82) is 0 Å². The molecule has 22 heavy (non-hydrogen) atoms. The van der Waals surface area contributed by atoms with Crippen molar-refractivity contribution >= 4 is 23.6 Å². The minimum absolute atomic E-state index is 0.0735. The third-order valence-electron chi connectivity index (χ3n) is 2.62. The van der Waals surface area contributed by atoms with E-state index in [0.29, 0.717) is 12.1 Å². The number of aromatic nitrogens is 2. The highest BCUT2D eigenvalue weighted by atomic mass is 16.5. The molecular weight excluding hydrogens is 294 g/mol. The minimum atomic E-state index is -0.824. The summed E-state index contributed by atoms with van der Waals surface area (Å²) >= 11 is 0. The van der Waals surface area contributed by atoms with Crippen molar-refractivity contribution < 1.29 is 19.1 Å². The molecule has 1 aromatic heterocycles. The fraction of sp³-hybridized carbons (Fsp3) is 0.417. The summed E-state index contributed by atoms with van der Waals surface area (Å²) in [4.78, 5) is 38.5. The van der Waals surface area contributed by atoms with Crippen LogP contribution in [0.15, 0.2) is 16.0 Å². The van der Waals surface area contributed by atoms with Gasteiger partial charge >= 0.3 is 11.9 Å². The molecule has 0 unspecified atom stereocenters. The fourth-order valence-electron chi connectivity index (χ4n) is 1.40. The molecule has 0 spiro atoms. The van der Waals surface area contributed by atoms with Gasteiger partial charge in [-0.25, -0.2) is 15.2 Å². The number of carbonyl (C=O) groups is 2. The maximum atomic E-state index is 11.6. The third kappa shape index (κ3) is 4.30. The molecule has 1 aromatic rings. The average Bonchev–Trinajstić information content (AvgIpc) is 2.53. The number of nitrogen functional groups attached to an aromatic ring is 1. The molecule has 0 saturated heterocycles. The van der Waals surface area contributed by atoms with Gasteiger partial charge in [-0.3, -0.25) is 9.59 Å². The molecule has 0 bridgehead atoms. The van der Waals surface area contributed by atoms with Crippen molar-refractivity contribution in [2.75, 3.05) is 25.5 Å². The molecule has 10 nitrogen and oxygen atoms in total. The Labute approximate surface area is 125 Å². The summed E-state index contributed by atoms with van der Waals surface area (Å²) in [6, 6.07) is 1.28. The lowest BCUT2D eigenvalue weighted by Gasteiger charge is -2.08. The second-order valence-corrected chi connectivity index (χ2v) is 4.05. The Bertz CT molecular complexity index is 652. The van der Waals surface area contributed by atoms with Crippen LogP contribution in [0, 0.1) is 0 Å². The molecular formula is C12H17N5O5.